The van der Waals surface area contributed by atoms with Gasteiger partial charge in [-0.2, -0.15) is 0 Å². The molecule has 0 radical (unpaired) electrons. The van der Waals surface area contributed by atoms with Crippen LogP contribution in [0.2, 0.25) is 0 Å². The van der Waals surface area contributed by atoms with Crippen LogP contribution in [0, 0.1) is 6.92 Å². The minimum atomic E-state index is -0.800. The topological polar surface area (TPSA) is 37.3 Å². The molecule has 0 atom stereocenters. The fraction of sp³-hybridized carbons (Fsp3) is 0.0645. The van der Waals surface area contributed by atoms with Crippen LogP contribution in [0.1, 0.15) is 11.1 Å². The van der Waals surface area contributed by atoms with E-state index in [4.69, 9.17) is 0 Å². The summed E-state index contributed by atoms with van der Waals surface area (Å²) in [5, 5.41) is 12.1. The van der Waals surface area contributed by atoms with E-state index in [1.165, 1.54) is 50.1 Å². The highest BCUT2D eigenvalue weighted by molar-refractivity contribution is 7.31. The van der Waals surface area contributed by atoms with Gasteiger partial charge >= 0.3 is 5.97 Å². The third-order valence-electron chi connectivity index (χ3n) is 6.46. The molecule has 2 nitrogen and oxygen atoms in total. The maximum absolute atomic E-state index is 11.7. The Morgan fingerprint density at radius 3 is 1.74 bits per heavy atom. The number of aliphatic carboxylic acids is 1. The van der Waals surface area contributed by atoms with Crippen LogP contribution < -0.4 is 0 Å². The van der Waals surface area contributed by atoms with Crippen LogP contribution in [0.3, 0.4) is 0 Å². The maximum atomic E-state index is 11.7. The van der Waals surface area contributed by atoms with E-state index in [2.05, 4.69) is 91.9 Å². The Hall–Kier alpha value is -3.07. The standard InChI is InChI=1S/C31H20O2S5/c1-17-12-25(26-13-18-6-2-4-8-21(18)34-26)37-30(17)23-10-11-24(36-23)31-20(16-29(32)33)15-28(38-31)27-14-19-7-3-5-9-22(19)35-27/h2-15H,16H2,1H3,(H,32,33). The molecule has 7 aromatic rings. The maximum Gasteiger partial charge on any atom is 0.307 e. The average Bonchev–Trinajstić information content (AvgIpc) is 3.72. The summed E-state index contributed by atoms with van der Waals surface area (Å²) in [7, 11) is 0. The van der Waals surface area contributed by atoms with Crippen molar-refractivity contribution in [1.82, 2.24) is 0 Å². The van der Waals surface area contributed by atoms with Crippen molar-refractivity contribution in [3.8, 4) is 39.0 Å². The van der Waals surface area contributed by atoms with Gasteiger partial charge in [0.05, 0.1) is 6.42 Å². The Morgan fingerprint density at radius 1 is 0.605 bits per heavy atom. The predicted molar refractivity (Wildman–Crippen MR) is 169 cm³/mol. The van der Waals surface area contributed by atoms with E-state index < -0.39 is 5.97 Å². The van der Waals surface area contributed by atoms with Crippen LogP contribution in [0.4, 0.5) is 0 Å². The van der Waals surface area contributed by atoms with Gasteiger partial charge in [0, 0.05) is 48.4 Å². The van der Waals surface area contributed by atoms with Gasteiger partial charge in [0.15, 0.2) is 0 Å². The molecule has 0 saturated carbocycles. The zero-order chi connectivity index (χ0) is 25.8. The van der Waals surface area contributed by atoms with Gasteiger partial charge in [-0.3, -0.25) is 4.79 Å². The van der Waals surface area contributed by atoms with Gasteiger partial charge in [-0.05, 0) is 77.4 Å². The second kappa shape index (κ2) is 9.59. The first kappa shape index (κ1) is 24.0. The minimum Gasteiger partial charge on any atom is -0.481 e. The molecular formula is C31H20O2S5. The number of rotatable bonds is 6. The molecule has 38 heavy (non-hydrogen) atoms. The van der Waals surface area contributed by atoms with E-state index in [1.807, 2.05) is 22.7 Å². The van der Waals surface area contributed by atoms with Crippen molar-refractivity contribution in [3.63, 3.8) is 0 Å². The first-order valence-corrected chi connectivity index (χ1v) is 16.1. The smallest absolute Gasteiger partial charge is 0.307 e. The molecule has 1 N–H and O–H groups in total. The van der Waals surface area contributed by atoms with Crippen molar-refractivity contribution in [2.75, 3.05) is 0 Å². The third kappa shape index (κ3) is 4.34. The summed E-state index contributed by atoms with van der Waals surface area (Å²) in [6.45, 7) is 2.18. The highest BCUT2D eigenvalue weighted by Gasteiger charge is 2.19. The molecule has 0 unspecified atom stereocenters. The van der Waals surface area contributed by atoms with E-state index in [1.54, 1.807) is 34.0 Å². The first-order chi connectivity index (χ1) is 18.5. The summed E-state index contributed by atoms with van der Waals surface area (Å²) in [4.78, 5) is 21.4. The van der Waals surface area contributed by atoms with Crippen LogP contribution in [-0.4, -0.2) is 11.1 Å². The highest BCUT2D eigenvalue weighted by Crippen LogP contribution is 2.48. The number of benzene rings is 2. The lowest BCUT2D eigenvalue weighted by atomic mass is 10.1. The van der Waals surface area contributed by atoms with E-state index in [-0.39, 0.29) is 6.42 Å². The van der Waals surface area contributed by atoms with E-state index in [0.29, 0.717) is 0 Å². The van der Waals surface area contributed by atoms with Crippen LogP contribution in [-0.2, 0) is 11.2 Å². The zero-order valence-electron chi connectivity index (χ0n) is 20.2. The van der Waals surface area contributed by atoms with Crippen molar-refractivity contribution in [2.24, 2.45) is 0 Å². The van der Waals surface area contributed by atoms with Gasteiger partial charge in [-0.25, -0.2) is 0 Å². The Bertz CT molecular complexity index is 1890. The highest BCUT2D eigenvalue weighted by atomic mass is 32.1. The van der Waals surface area contributed by atoms with Crippen LogP contribution >= 0.6 is 56.7 Å². The van der Waals surface area contributed by atoms with Gasteiger partial charge < -0.3 is 5.11 Å². The summed E-state index contributed by atoms with van der Waals surface area (Å²) in [6, 6.07) is 30.1. The molecule has 0 bridgehead atoms. The molecule has 0 amide bonds. The third-order valence-corrected chi connectivity index (χ3v) is 12.9. The van der Waals surface area contributed by atoms with Crippen molar-refractivity contribution in [1.29, 1.82) is 0 Å². The lowest BCUT2D eigenvalue weighted by Gasteiger charge is -1.98. The Kier molecular flexibility index (Phi) is 6.06. The van der Waals surface area contributed by atoms with Gasteiger partial charge in [-0.15, -0.1) is 56.7 Å². The van der Waals surface area contributed by atoms with Crippen LogP contribution in [0.15, 0.2) is 84.9 Å². The fourth-order valence-corrected chi connectivity index (χ4v) is 10.6. The molecule has 0 fully saturated rings. The molecule has 0 saturated heterocycles. The second-order valence-corrected chi connectivity index (χ2v) is 14.5. The molecule has 0 aliphatic heterocycles. The van der Waals surface area contributed by atoms with Crippen molar-refractivity contribution in [3.05, 3.63) is 96.1 Å². The van der Waals surface area contributed by atoms with Crippen molar-refractivity contribution in [2.45, 2.75) is 13.3 Å². The molecule has 0 spiro atoms. The monoisotopic (exact) mass is 584 g/mol. The number of carboxylic acid groups (broad SMARTS) is 1. The second-order valence-electron chi connectivity index (χ2n) is 9.12. The molecule has 5 heterocycles. The molecular weight excluding hydrogens is 565 g/mol. The lowest BCUT2D eigenvalue weighted by Crippen LogP contribution is -1.99. The molecule has 7 heteroatoms. The molecule has 2 aromatic carbocycles. The zero-order valence-corrected chi connectivity index (χ0v) is 24.3. The number of carbonyl (C=O) groups is 1. The summed E-state index contributed by atoms with van der Waals surface area (Å²) in [5.41, 5.74) is 2.16. The summed E-state index contributed by atoms with van der Waals surface area (Å²) in [6.07, 6.45) is 0.0259. The minimum absolute atomic E-state index is 0.0259. The Labute approximate surface area is 239 Å². The number of hydrogen-bond donors (Lipinski definition) is 1. The van der Waals surface area contributed by atoms with Gasteiger partial charge in [0.2, 0.25) is 0 Å². The van der Waals surface area contributed by atoms with Gasteiger partial charge in [0.25, 0.3) is 0 Å². The van der Waals surface area contributed by atoms with E-state index >= 15 is 0 Å². The summed E-state index contributed by atoms with van der Waals surface area (Å²) < 4.78 is 2.56. The largest absolute Gasteiger partial charge is 0.481 e. The van der Waals surface area contributed by atoms with E-state index in [0.717, 1.165) is 20.2 Å². The average molecular weight is 585 g/mol. The number of hydrogen-bond acceptors (Lipinski definition) is 6. The molecule has 5 aromatic heterocycles. The Morgan fingerprint density at radius 2 is 1.13 bits per heavy atom. The Balaban J connectivity index is 1.26. The number of fused-ring (bicyclic) bond motifs is 2. The first-order valence-electron chi connectivity index (χ1n) is 12.1. The molecule has 0 aliphatic rings. The fourth-order valence-electron chi connectivity index (χ4n) is 4.69. The van der Waals surface area contributed by atoms with Crippen molar-refractivity contribution < 1.29 is 9.90 Å². The van der Waals surface area contributed by atoms with Crippen molar-refractivity contribution >= 4 is 82.8 Å². The van der Waals surface area contributed by atoms with Crippen LogP contribution in [0.5, 0.6) is 0 Å². The quantitative estimate of drug-likeness (QED) is 0.211. The molecule has 186 valence electrons. The number of carboxylic acids is 1. The molecule has 7 rings (SSSR count). The van der Waals surface area contributed by atoms with Crippen LogP contribution in [0.25, 0.3) is 59.2 Å². The molecule has 0 aliphatic carbocycles. The lowest BCUT2D eigenvalue weighted by molar-refractivity contribution is -0.136. The van der Waals surface area contributed by atoms with Gasteiger partial charge in [0.1, 0.15) is 0 Å². The number of aryl methyl sites for hydroxylation is 1. The summed E-state index contributed by atoms with van der Waals surface area (Å²) in [5.74, 6) is -0.800. The van der Waals surface area contributed by atoms with Gasteiger partial charge in [-0.1, -0.05) is 36.4 Å². The summed E-state index contributed by atoms with van der Waals surface area (Å²) >= 11 is 8.90. The predicted octanol–water partition coefficient (Wildman–Crippen LogP) is 10.9. The normalized spacial score (nSPS) is 11.6. The number of thiophene rings is 5. The van der Waals surface area contributed by atoms with E-state index in [9.17, 15) is 9.90 Å². The SMILES string of the molecule is Cc1cc(-c2cc3ccccc3s2)sc1-c1ccc(-c2sc(-c3cc4ccccc4s3)cc2CC(=O)O)s1.